The molecule has 0 spiro atoms. The second kappa shape index (κ2) is 12.7. The van der Waals surface area contributed by atoms with E-state index in [2.05, 4.69) is 10.0 Å². The Morgan fingerprint density at radius 3 is 2.41 bits per heavy atom. The van der Waals surface area contributed by atoms with Crippen molar-refractivity contribution in [1.29, 1.82) is 0 Å². The fourth-order valence-corrected chi connectivity index (χ4v) is 6.61. The Morgan fingerprint density at radius 2 is 1.68 bits per heavy atom. The Hall–Kier alpha value is -4.45. The lowest BCUT2D eigenvalue weighted by atomic mass is 9.84. The zero-order valence-corrected chi connectivity index (χ0v) is 24.4. The summed E-state index contributed by atoms with van der Waals surface area (Å²) in [5.74, 6) is 1.04. The molecule has 6 rings (SSSR count). The molecule has 0 radical (unpaired) electrons. The molecule has 11 heteroatoms. The maximum absolute atomic E-state index is 13.3. The molecule has 4 aromatic carbocycles. The number of hydrogen-bond acceptors (Lipinski definition) is 7. The fraction of sp³-hybridized carbons (Fsp3) is 0.242. The number of aliphatic hydroxyl groups is 1. The number of para-hydroxylation sites is 1. The van der Waals surface area contributed by atoms with Gasteiger partial charge in [0.05, 0.1) is 24.0 Å². The summed E-state index contributed by atoms with van der Waals surface area (Å²) >= 11 is 0. The highest BCUT2D eigenvalue weighted by atomic mass is 32.2. The van der Waals surface area contributed by atoms with E-state index in [1.54, 1.807) is 18.2 Å². The second-order valence-corrected chi connectivity index (χ2v) is 12.4. The number of fused-ring (bicyclic) bond motifs is 3. The van der Waals surface area contributed by atoms with E-state index in [4.69, 9.17) is 14.2 Å². The Morgan fingerprint density at radius 1 is 0.955 bits per heavy atom. The van der Waals surface area contributed by atoms with E-state index in [-0.39, 0.29) is 29.7 Å². The summed E-state index contributed by atoms with van der Waals surface area (Å²) < 4.78 is 59.5. The fourth-order valence-electron chi connectivity index (χ4n) is 5.56. The molecule has 1 fully saturated rings. The van der Waals surface area contributed by atoms with Crippen molar-refractivity contribution in [3.8, 4) is 17.2 Å². The molecule has 3 N–H and O–H groups in total. The summed E-state index contributed by atoms with van der Waals surface area (Å²) in [5, 5.41) is 13.0. The predicted octanol–water partition coefficient (Wildman–Crippen LogP) is 5.12. The van der Waals surface area contributed by atoms with E-state index in [1.807, 2.05) is 54.6 Å². The van der Waals surface area contributed by atoms with Gasteiger partial charge in [0, 0.05) is 23.7 Å². The van der Waals surface area contributed by atoms with Gasteiger partial charge in [0.2, 0.25) is 5.91 Å². The van der Waals surface area contributed by atoms with Crippen molar-refractivity contribution in [3.63, 3.8) is 0 Å². The molecular formula is C33H31FN2O7S. The third-order valence-corrected chi connectivity index (χ3v) is 9.08. The highest BCUT2D eigenvalue weighted by molar-refractivity contribution is 7.92. The first-order valence-corrected chi connectivity index (χ1v) is 15.7. The molecule has 2 aliphatic rings. The van der Waals surface area contributed by atoms with Gasteiger partial charge in [-0.05, 0) is 78.7 Å². The maximum Gasteiger partial charge on any atom is 0.261 e. The number of amides is 1. The summed E-state index contributed by atoms with van der Waals surface area (Å²) in [6, 6.07) is 26.4. The molecule has 0 bridgehead atoms. The highest BCUT2D eigenvalue weighted by Crippen LogP contribution is 2.47. The van der Waals surface area contributed by atoms with Gasteiger partial charge in [-0.25, -0.2) is 12.8 Å². The van der Waals surface area contributed by atoms with Gasteiger partial charge >= 0.3 is 0 Å². The first-order valence-electron chi connectivity index (χ1n) is 14.2. The number of hydrogen-bond donors (Lipinski definition) is 3. The van der Waals surface area contributed by atoms with Crippen molar-refractivity contribution in [3.05, 3.63) is 114 Å². The lowest BCUT2D eigenvalue weighted by molar-refractivity contribution is -0.142. The number of ether oxygens (including phenoxy) is 3. The van der Waals surface area contributed by atoms with Gasteiger partial charge in [-0.2, -0.15) is 0 Å². The van der Waals surface area contributed by atoms with Crippen LogP contribution in [-0.2, 0) is 26.1 Å². The largest absolute Gasteiger partial charge is 0.487 e. The van der Waals surface area contributed by atoms with Crippen molar-refractivity contribution in [2.45, 2.75) is 48.5 Å². The van der Waals surface area contributed by atoms with Crippen LogP contribution in [0.1, 0.15) is 29.9 Å². The number of sulfonamides is 1. The number of carbonyl (C=O) groups is 1. The van der Waals surface area contributed by atoms with Crippen molar-refractivity contribution >= 4 is 21.6 Å². The molecule has 228 valence electrons. The molecule has 1 saturated heterocycles. The summed E-state index contributed by atoms with van der Waals surface area (Å²) in [4.78, 5) is 12.8. The molecule has 9 nitrogen and oxygen atoms in total. The smallest absolute Gasteiger partial charge is 0.261 e. The normalized spacial score (nSPS) is 20.6. The van der Waals surface area contributed by atoms with Crippen LogP contribution in [-0.4, -0.2) is 44.4 Å². The first kappa shape index (κ1) is 29.6. The molecule has 1 amide bonds. The standard InChI is InChI=1S/C33H31FN2O7S/c34-22-8-13-27(14-9-22)44(39,40)36-23-10-15-30-28(16-23)29-17-26(42-31(20-37)33(29)43-30)18-32(38)35-19-21-6-11-25(12-7-21)41-24-4-2-1-3-5-24/h1-16,26,29,31,33,36-37H,17-20H2,(H,35,38)/t26-,29+,31-,33-/m1/s1. The monoisotopic (exact) mass is 618 g/mol. The van der Waals surface area contributed by atoms with Crippen LogP contribution >= 0.6 is 0 Å². The van der Waals surface area contributed by atoms with E-state index in [9.17, 15) is 22.7 Å². The van der Waals surface area contributed by atoms with Gasteiger partial charge in [-0.15, -0.1) is 0 Å². The van der Waals surface area contributed by atoms with Gasteiger partial charge < -0.3 is 24.6 Å². The van der Waals surface area contributed by atoms with Crippen molar-refractivity contribution in [1.82, 2.24) is 5.32 Å². The first-order chi connectivity index (χ1) is 21.3. The predicted molar refractivity (Wildman–Crippen MR) is 161 cm³/mol. The van der Waals surface area contributed by atoms with Gasteiger partial charge in [-0.1, -0.05) is 30.3 Å². The summed E-state index contributed by atoms with van der Waals surface area (Å²) in [5.41, 5.74) is 1.99. The van der Waals surface area contributed by atoms with E-state index < -0.39 is 34.2 Å². The number of benzene rings is 4. The molecule has 2 heterocycles. The molecule has 44 heavy (non-hydrogen) atoms. The molecule has 0 saturated carbocycles. The van der Waals surface area contributed by atoms with Gasteiger partial charge in [-0.3, -0.25) is 9.52 Å². The topological polar surface area (TPSA) is 123 Å². The molecule has 4 aromatic rings. The van der Waals surface area contributed by atoms with E-state index in [1.165, 1.54) is 12.1 Å². The summed E-state index contributed by atoms with van der Waals surface area (Å²) in [6.07, 6.45) is -1.09. The average molecular weight is 619 g/mol. The molecular weight excluding hydrogens is 587 g/mol. The Bertz CT molecular complexity index is 1720. The third-order valence-electron chi connectivity index (χ3n) is 7.68. The lowest BCUT2D eigenvalue weighted by Crippen LogP contribution is -2.47. The van der Waals surface area contributed by atoms with Crippen LogP contribution in [0.25, 0.3) is 0 Å². The minimum atomic E-state index is -3.95. The number of anilines is 1. The van der Waals surface area contributed by atoms with Crippen LogP contribution in [0.5, 0.6) is 17.2 Å². The number of halogens is 1. The van der Waals surface area contributed by atoms with Crippen LogP contribution < -0.4 is 19.5 Å². The minimum Gasteiger partial charge on any atom is -0.487 e. The SMILES string of the molecule is O=C(C[C@H]1C[C@H]2c3cc(NS(=O)(=O)c4ccc(F)cc4)ccc3O[C@H]2[C@@H](CO)O1)NCc1ccc(Oc2ccccc2)cc1. The van der Waals surface area contributed by atoms with Crippen LogP contribution in [0.3, 0.4) is 0 Å². The summed E-state index contributed by atoms with van der Waals surface area (Å²) in [7, 11) is -3.95. The molecule has 2 aliphatic heterocycles. The Kier molecular flexibility index (Phi) is 8.51. The van der Waals surface area contributed by atoms with Gasteiger partial charge in [0.25, 0.3) is 10.0 Å². The van der Waals surface area contributed by atoms with Crippen molar-refractivity contribution in [2.24, 2.45) is 0 Å². The van der Waals surface area contributed by atoms with E-state index in [0.29, 0.717) is 30.2 Å². The number of rotatable bonds is 10. The average Bonchev–Trinajstić information content (AvgIpc) is 3.39. The number of nitrogens with one attached hydrogen (secondary N) is 2. The molecule has 4 atom stereocenters. The van der Waals surface area contributed by atoms with Crippen LogP contribution in [0.15, 0.2) is 102 Å². The number of aliphatic hydroxyl groups excluding tert-OH is 1. The Labute approximate surface area is 254 Å². The zero-order chi connectivity index (χ0) is 30.7. The van der Waals surface area contributed by atoms with Gasteiger partial charge in [0.1, 0.15) is 35.3 Å². The highest BCUT2D eigenvalue weighted by Gasteiger charge is 2.46. The molecule has 0 aliphatic carbocycles. The second-order valence-electron chi connectivity index (χ2n) is 10.8. The third kappa shape index (κ3) is 6.70. The van der Waals surface area contributed by atoms with E-state index >= 15 is 0 Å². The zero-order valence-electron chi connectivity index (χ0n) is 23.6. The van der Waals surface area contributed by atoms with Crippen molar-refractivity contribution in [2.75, 3.05) is 11.3 Å². The minimum absolute atomic E-state index is 0.0672. The number of carbonyl (C=O) groups excluding carboxylic acids is 1. The molecule has 0 unspecified atom stereocenters. The summed E-state index contributed by atoms with van der Waals surface area (Å²) in [6.45, 7) is 0.0326. The maximum atomic E-state index is 13.3. The Balaban J connectivity index is 1.08. The van der Waals surface area contributed by atoms with E-state index in [0.717, 1.165) is 29.0 Å². The quantitative estimate of drug-likeness (QED) is 0.226. The lowest BCUT2D eigenvalue weighted by Gasteiger charge is -2.37. The van der Waals surface area contributed by atoms with Crippen LogP contribution in [0.2, 0.25) is 0 Å². The van der Waals surface area contributed by atoms with Crippen molar-refractivity contribution < 1.29 is 36.9 Å². The van der Waals surface area contributed by atoms with Crippen LogP contribution in [0.4, 0.5) is 10.1 Å². The van der Waals surface area contributed by atoms with Gasteiger partial charge in [0.15, 0.2) is 0 Å². The van der Waals surface area contributed by atoms with Crippen LogP contribution in [0, 0.1) is 5.82 Å². The molecule has 0 aromatic heterocycles.